The van der Waals surface area contributed by atoms with Crippen LogP contribution in [0.1, 0.15) is 56.6 Å². The molecule has 7 nitrogen and oxygen atoms in total. The lowest BCUT2D eigenvalue weighted by Gasteiger charge is -2.52. The number of benzene rings is 1. The standard InChI is InChI=1S/C24H36N2O5/c1-29-19-14-17(15-20(30-2)23(19)31-3)22-18-8-4-5-9-24(18,28)10-13-26(22)16-21(27)25-11-6-7-12-25/h14-15,18,22,28H,4-13,16H2,1-3H3. The molecule has 3 fully saturated rings. The van der Waals surface area contributed by atoms with Gasteiger partial charge in [-0.2, -0.15) is 0 Å². The number of fused-ring (bicyclic) bond motifs is 1. The van der Waals surface area contributed by atoms with Crippen molar-refractivity contribution in [2.45, 2.75) is 56.6 Å². The summed E-state index contributed by atoms with van der Waals surface area (Å²) in [4.78, 5) is 17.3. The van der Waals surface area contributed by atoms with Crippen LogP contribution < -0.4 is 14.2 Å². The fourth-order valence-electron chi connectivity index (χ4n) is 5.88. The summed E-state index contributed by atoms with van der Waals surface area (Å²) in [6.45, 7) is 2.80. The number of hydrogen-bond acceptors (Lipinski definition) is 6. The molecule has 3 unspecified atom stereocenters. The van der Waals surface area contributed by atoms with Crippen LogP contribution >= 0.6 is 0 Å². The van der Waals surface area contributed by atoms with Crippen molar-refractivity contribution < 1.29 is 24.1 Å². The Morgan fingerprint density at radius 3 is 2.29 bits per heavy atom. The van der Waals surface area contributed by atoms with Gasteiger partial charge in [0.15, 0.2) is 11.5 Å². The molecule has 0 radical (unpaired) electrons. The second-order valence-electron chi connectivity index (χ2n) is 9.17. The number of rotatable bonds is 6. The molecule has 3 aliphatic rings. The van der Waals surface area contributed by atoms with E-state index < -0.39 is 5.60 Å². The lowest BCUT2D eigenvalue weighted by molar-refractivity contribution is -0.144. The van der Waals surface area contributed by atoms with Crippen molar-refractivity contribution in [2.75, 3.05) is 47.5 Å². The van der Waals surface area contributed by atoms with Gasteiger partial charge >= 0.3 is 0 Å². The van der Waals surface area contributed by atoms with Crippen LogP contribution in [0.15, 0.2) is 12.1 Å². The summed E-state index contributed by atoms with van der Waals surface area (Å²) in [5.74, 6) is 2.03. The minimum Gasteiger partial charge on any atom is -0.493 e. The van der Waals surface area contributed by atoms with Gasteiger partial charge < -0.3 is 24.2 Å². The van der Waals surface area contributed by atoms with Crippen LogP contribution in [0.3, 0.4) is 0 Å². The number of carbonyl (C=O) groups excluding carboxylic acids is 1. The van der Waals surface area contributed by atoms with Crippen molar-refractivity contribution >= 4 is 5.91 Å². The van der Waals surface area contributed by atoms with Crippen LogP contribution in [0.25, 0.3) is 0 Å². The van der Waals surface area contributed by atoms with E-state index >= 15 is 0 Å². The van der Waals surface area contributed by atoms with Gasteiger partial charge in [0.2, 0.25) is 11.7 Å². The topological polar surface area (TPSA) is 71.5 Å². The number of piperidine rings is 1. The van der Waals surface area contributed by atoms with Crippen molar-refractivity contribution in [3.63, 3.8) is 0 Å². The van der Waals surface area contributed by atoms with Gasteiger partial charge in [-0.15, -0.1) is 0 Å². The highest BCUT2D eigenvalue weighted by atomic mass is 16.5. The molecule has 0 bridgehead atoms. The Kier molecular flexibility index (Phi) is 6.63. The van der Waals surface area contributed by atoms with E-state index in [4.69, 9.17) is 14.2 Å². The average molecular weight is 433 g/mol. The van der Waals surface area contributed by atoms with Crippen molar-refractivity contribution in [1.82, 2.24) is 9.80 Å². The van der Waals surface area contributed by atoms with E-state index in [0.29, 0.717) is 36.8 Å². The molecule has 1 amide bonds. The van der Waals surface area contributed by atoms with E-state index in [1.54, 1.807) is 21.3 Å². The van der Waals surface area contributed by atoms with Crippen LogP contribution in [-0.2, 0) is 4.79 Å². The van der Waals surface area contributed by atoms with E-state index in [0.717, 1.165) is 57.2 Å². The first-order chi connectivity index (χ1) is 15.0. The summed E-state index contributed by atoms with van der Waals surface area (Å²) in [5.41, 5.74) is 0.324. The summed E-state index contributed by atoms with van der Waals surface area (Å²) in [6.07, 6.45) is 6.82. The smallest absolute Gasteiger partial charge is 0.236 e. The summed E-state index contributed by atoms with van der Waals surface area (Å²) < 4.78 is 16.7. The summed E-state index contributed by atoms with van der Waals surface area (Å²) in [7, 11) is 4.84. The lowest BCUT2D eigenvalue weighted by Crippen LogP contribution is -2.56. The molecular formula is C24H36N2O5. The molecule has 2 heterocycles. The molecule has 1 aromatic carbocycles. The Bertz CT molecular complexity index is 769. The monoisotopic (exact) mass is 432 g/mol. The molecule has 31 heavy (non-hydrogen) atoms. The first-order valence-corrected chi connectivity index (χ1v) is 11.5. The maximum absolute atomic E-state index is 13.0. The van der Waals surface area contributed by atoms with Gasteiger partial charge in [0.1, 0.15) is 0 Å². The first kappa shape index (κ1) is 22.2. The quantitative estimate of drug-likeness (QED) is 0.745. The fourth-order valence-corrected chi connectivity index (χ4v) is 5.88. The minimum atomic E-state index is -0.684. The predicted octanol–water partition coefficient (Wildman–Crippen LogP) is 3.00. The van der Waals surface area contributed by atoms with Gasteiger partial charge in [0.25, 0.3) is 0 Å². The van der Waals surface area contributed by atoms with Gasteiger partial charge in [-0.1, -0.05) is 12.8 Å². The Morgan fingerprint density at radius 2 is 1.68 bits per heavy atom. The Hall–Kier alpha value is -1.99. The van der Waals surface area contributed by atoms with Gasteiger partial charge in [0.05, 0.1) is 33.5 Å². The maximum atomic E-state index is 13.0. The van der Waals surface area contributed by atoms with Crippen LogP contribution in [-0.4, -0.2) is 73.9 Å². The molecule has 172 valence electrons. The molecule has 2 aliphatic heterocycles. The SMILES string of the molecule is COc1cc(C2C3CCCCC3(O)CCN2CC(=O)N2CCCC2)cc(OC)c1OC. The van der Waals surface area contributed by atoms with Crippen LogP contribution in [0.5, 0.6) is 17.2 Å². The average Bonchev–Trinajstić information content (AvgIpc) is 3.33. The van der Waals surface area contributed by atoms with Crippen molar-refractivity contribution in [1.29, 1.82) is 0 Å². The number of aliphatic hydroxyl groups is 1. The highest BCUT2D eigenvalue weighted by Crippen LogP contribution is 2.51. The third-order valence-corrected chi connectivity index (χ3v) is 7.50. The third kappa shape index (κ3) is 4.22. The number of methoxy groups -OCH3 is 3. The van der Waals surface area contributed by atoms with Crippen molar-refractivity contribution in [3.05, 3.63) is 17.7 Å². The number of nitrogens with zero attached hydrogens (tertiary/aromatic N) is 2. The van der Waals surface area contributed by atoms with Gasteiger partial charge in [-0.05, 0) is 49.8 Å². The number of amides is 1. The Balaban J connectivity index is 1.72. The van der Waals surface area contributed by atoms with Gasteiger partial charge in [-0.3, -0.25) is 9.69 Å². The van der Waals surface area contributed by atoms with Crippen LogP contribution in [0, 0.1) is 5.92 Å². The maximum Gasteiger partial charge on any atom is 0.236 e. The zero-order valence-corrected chi connectivity index (χ0v) is 19.1. The molecule has 7 heteroatoms. The number of hydrogen-bond donors (Lipinski definition) is 1. The molecule has 3 atom stereocenters. The highest BCUT2D eigenvalue weighted by molar-refractivity contribution is 5.78. The molecule has 1 aliphatic carbocycles. The molecule has 0 spiro atoms. The highest BCUT2D eigenvalue weighted by Gasteiger charge is 2.49. The Morgan fingerprint density at radius 1 is 1.00 bits per heavy atom. The van der Waals surface area contributed by atoms with Crippen LogP contribution in [0.4, 0.5) is 0 Å². The normalized spacial score (nSPS) is 28.8. The first-order valence-electron chi connectivity index (χ1n) is 11.5. The van der Waals surface area contributed by atoms with Gasteiger partial charge in [0, 0.05) is 31.6 Å². The zero-order valence-electron chi connectivity index (χ0n) is 19.1. The lowest BCUT2D eigenvalue weighted by atomic mass is 9.66. The van der Waals surface area contributed by atoms with E-state index in [-0.39, 0.29) is 17.9 Å². The Labute approximate surface area is 185 Å². The molecule has 1 saturated carbocycles. The third-order valence-electron chi connectivity index (χ3n) is 7.50. The minimum absolute atomic E-state index is 0.0701. The fraction of sp³-hybridized carbons (Fsp3) is 0.708. The van der Waals surface area contributed by atoms with Crippen molar-refractivity contribution in [2.24, 2.45) is 5.92 Å². The second-order valence-corrected chi connectivity index (χ2v) is 9.17. The summed E-state index contributed by atoms with van der Waals surface area (Å²) in [6, 6.07) is 3.90. The molecule has 1 N–H and O–H groups in total. The number of likely N-dealkylation sites (tertiary alicyclic amines) is 2. The van der Waals surface area contributed by atoms with E-state index in [9.17, 15) is 9.90 Å². The molecule has 4 rings (SSSR count). The van der Waals surface area contributed by atoms with Crippen LogP contribution in [0.2, 0.25) is 0 Å². The van der Waals surface area contributed by atoms with Crippen molar-refractivity contribution in [3.8, 4) is 17.2 Å². The summed E-state index contributed by atoms with van der Waals surface area (Å²) >= 11 is 0. The second kappa shape index (κ2) is 9.25. The molecule has 1 aromatic rings. The summed E-state index contributed by atoms with van der Waals surface area (Å²) in [5, 5.41) is 11.5. The van der Waals surface area contributed by atoms with E-state index in [1.807, 2.05) is 17.0 Å². The van der Waals surface area contributed by atoms with E-state index in [1.165, 1.54) is 0 Å². The number of carbonyl (C=O) groups is 1. The van der Waals surface area contributed by atoms with E-state index in [2.05, 4.69) is 4.90 Å². The predicted molar refractivity (Wildman–Crippen MR) is 118 cm³/mol. The molecular weight excluding hydrogens is 396 g/mol. The molecule has 0 aromatic heterocycles. The van der Waals surface area contributed by atoms with Gasteiger partial charge in [-0.25, -0.2) is 0 Å². The largest absolute Gasteiger partial charge is 0.493 e. The molecule has 2 saturated heterocycles. The zero-order chi connectivity index (χ0) is 22.0. The number of ether oxygens (including phenoxy) is 3.